The Morgan fingerprint density at radius 2 is 1.64 bits per heavy atom. The number of esters is 1. The van der Waals surface area contributed by atoms with Gasteiger partial charge in [0.05, 0.1) is 41.7 Å². The molecule has 0 N–H and O–H groups in total. The molecule has 232 valence electrons. The Morgan fingerprint density at radius 3 is 2.43 bits per heavy atom. The fraction of sp³-hybridized carbons (Fsp3) is 0.135. The van der Waals surface area contributed by atoms with Crippen LogP contribution in [0.2, 0.25) is 0 Å². The topological polar surface area (TPSA) is 99.4 Å². The zero-order valence-corrected chi connectivity index (χ0v) is 26.0. The van der Waals surface area contributed by atoms with E-state index >= 15 is 0 Å². The molecule has 5 aromatic rings. The van der Waals surface area contributed by atoms with E-state index in [0.29, 0.717) is 50.8 Å². The molecular weight excluding hydrogens is 614 g/mol. The van der Waals surface area contributed by atoms with E-state index in [1.54, 1.807) is 24.0 Å². The molecule has 3 aliphatic heterocycles. The summed E-state index contributed by atoms with van der Waals surface area (Å²) in [6.07, 6.45) is 0. The van der Waals surface area contributed by atoms with Gasteiger partial charge in [-0.25, -0.2) is 9.79 Å². The Kier molecular flexibility index (Phi) is 7.06. The Morgan fingerprint density at radius 1 is 0.915 bits per heavy atom. The van der Waals surface area contributed by atoms with Gasteiger partial charge in [-0.3, -0.25) is 14.2 Å². The first kappa shape index (κ1) is 28.7. The number of carbonyl (C=O) groups is 2. The van der Waals surface area contributed by atoms with Crippen molar-refractivity contribution in [1.29, 1.82) is 0 Å². The van der Waals surface area contributed by atoms with Gasteiger partial charge < -0.3 is 19.1 Å². The third kappa shape index (κ3) is 4.76. The number of rotatable bonds is 6. The zero-order chi connectivity index (χ0) is 32.1. The first-order chi connectivity index (χ1) is 23.0. The summed E-state index contributed by atoms with van der Waals surface area (Å²) in [5, 5.41) is 0. The lowest BCUT2D eigenvalue weighted by atomic mass is 9.93. The van der Waals surface area contributed by atoms with Gasteiger partial charge in [-0.2, -0.15) is 0 Å². The van der Waals surface area contributed by atoms with E-state index in [9.17, 15) is 14.4 Å². The quantitative estimate of drug-likeness (QED) is 0.252. The van der Waals surface area contributed by atoms with Crippen molar-refractivity contribution in [1.82, 2.24) is 4.57 Å². The predicted molar refractivity (Wildman–Crippen MR) is 177 cm³/mol. The number of nitrogens with zero attached hydrogens (tertiary/aromatic N) is 3. The van der Waals surface area contributed by atoms with Crippen LogP contribution in [0.3, 0.4) is 0 Å². The summed E-state index contributed by atoms with van der Waals surface area (Å²) in [6.45, 7) is 2.29. The molecule has 0 aliphatic carbocycles. The van der Waals surface area contributed by atoms with E-state index < -0.39 is 17.6 Å². The highest BCUT2D eigenvalue weighted by Crippen LogP contribution is 2.41. The van der Waals surface area contributed by atoms with Gasteiger partial charge in [0.2, 0.25) is 6.79 Å². The standard InChI is InChI=1S/C37H27N3O6S/c1-2-44-36(43)30-31(23-13-7-4-8-14-23)38-37-40(32(30)24-17-18-27-28(19-24)46-21-45-27)35(42)33(47-37)29-25-15-9-10-16-26(25)39(34(29)41)20-22-11-5-3-6-12-22/h3-19,32H,2,20-21H2,1H3/b33-29-/t32-/m1/s1. The maximum absolute atomic E-state index is 14.7. The van der Waals surface area contributed by atoms with Gasteiger partial charge >= 0.3 is 5.97 Å². The number of hydrogen-bond acceptors (Lipinski definition) is 8. The third-order valence-corrected chi connectivity index (χ3v) is 9.45. The van der Waals surface area contributed by atoms with E-state index in [4.69, 9.17) is 19.2 Å². The van der Waals surface area contributed by atoms with Crippen molar-refractivity contribution in [3.63, 3.8) is 0 Å². The molecule has 8 rings (SSSR count). The molecule has 0 radical (unpaired) electrons. The number of hydrogen-bond donors (Lipinski definition) is 0. The number of para-hydroxylation sites is 1. The lowest BCUT2D eigenvalue weighted by molar-refractivity contribution is -0.138. The summed E-state index contributed by atoms with van der Waals surface area (Å²) in [7, 11) is 0. The molecular formula is C37H27N3O6S. The lowest BCUT2D eigenvalue weighted by Crippen LogP contribution is -2.41. The minimum absolute atomic E-state index is 0.0712. The normalized spacial score (nSPS) is 17.3. The zero-order valence-electron chi connectivity index (χ0n) is 25.2. The predicted octanol–water partition coefficient (Wildman–Crippen LogP) is 4.58. The second-order valence-corrected chi connectivity index (χ2v) is 12.1. The number of thiazole rings is 1. The molecule has 3 aliphatic rings. The van der Waals surface area contributed by atoms with Crippen molar-refractivity contribution in [3.05, 3.63) is 151 Å². The highest BCUT2D eigenvalue weighted by Gasteiger charge is 2.38. The monoisotopic (exact) mass is 641 g/mol. The van der Waals surface area contributed by atoms with Crippen LogP contribution in [0.5, 0.6) is 11.5 Å². The van der Waals surface area contributed by atoms with Crippen molar-refractivity contribution in [2.45, 2.75) is 19.5 Å². The second kappa shape index (κ2) is 11.6. The van der Waals surface area contributed by atoms with Crippen LogP contribution in [0, 0.1) is 0 Å². The fourth-order valence-corrected chi connectivity index (χ4v) is 7.40. The maximum Gasteiger partial charge on any atom is 0.338 e. The van der Waals surface area contributed by atoms with Crippen LogP contribution in [0.4, 0.5) is 5.69 Å². The van der Waals surface area contributed by atoms with Gasteiger partial charge in [0, 0.05) is 11.1 Å². The average molecular weight is 642 g/mol. The smallest absolute Gasteiger partial charge is 0.338 e. The number of ether oxygens (including phenoxy) is 3. The third-order valence-electron chi connectivity index (χ3n) is 8.40. The molecule has 47 heavy (non-hydrogen) atoms. The molecule has 10 heteroatoms. The summed E-state index contributed by atoms with van der Waals surface area (Å²) in [5.74, 6) is 0.213. The van der Waals surface area contributed by atoms with Gasteiger partial charge in [0.15, 0.2) is 16.3 Å². The molecule has 1 atom stereocenters. The van der Waals surface area contributed by atoms with Crippen molar-refractivity contribution in [3.8, 4) is 11.5 Å². The molecule has 4 aromatic carbocycles. The van der Waals surface area contributed by atoms with Crippen LogP contribution in [0.25, 0.3) is 11.3 Å². The molecule has 9 nitrogen and oxygen atoms in total. The molecule has 1 amide bonds. The van der Waals surface area contributed by atoms with Crippen LogP contribution in [0.15, 0.2) is 118 Å². The molecule has 1 aromatic heterocycles. The van der Waals surface area contributed by atoms with Gasteiger partial charge in [0.1, 0.15) is 4.53 Å². The first-order valence-corrected chi connectivity index (χ1v) is 16.0. The SMILES string of the molecule is CCOC(=O)C1=C(c2ccccc2)N=c2s/c(=C3\C(=O)N(Cc4ccccc4)c4ccccc43)c(=O)n2[C@@H]1c1ccc2c(c1)OCO2. The second-order valence-electron chi connectivity index (χ2n) is 11.1. The maximum atomic E-state index is 14.7. The van der Waals surface area contributed by atoms with Crippen LogP contribution < -0.4 is 29.3 Å². The number of benzene rings is 4. The van der Waals surface area contributed by atoms with Crippen LogP contribution >= 0.6 is 11.3 Å². The van der Waals surface area contributed by atoms with E-state index in [1.165, 1.54) is 4.57 Å². The molecule has 4 heterocycles. The Labute approximate surface area is 272 Å². The number of carbonyl (C=O) groups excluding carboxylic acids is 2. The summed E-state index contributed by atoms with van der Waals surface area (Å²) in [5.41, 5.74) is 4.17. The average Bonchev–Trinajstić information content (AvgIpc) is 3.78. The number of fused-ring (bicyclic) bond motifs is 3. The summed E-state index contributed by atoms with van der Waals surface area (Å²) < 4.78 is 18.6. The first-order valence-electron chi connectivity index (χ1n) is 15.2. The number of amides is 1. The van der Waals surface area contributed by atoms with E-state index in [2.05, 4.69) is 0 Å². The molecule has 0 unspecified atom stereocenters. The highest BCUT2D eigenvalue weighted by molar-refractivity contribution is 7.07. The Bertz CT molecular complexity index is 2290. The van der Waals surface area contributed by atoms with Gasteiger partial charge in [-0.1, -0.05) is 96.3 Å². The largest absolute Gasteiger partial charge is 0.463 e. The van der Waals surface area contributed by atoms with Crippen molar-refractivity contribution >= 4 is 40.2 Å². The molecule has 0 fully saturated rings. The number of aromatic nitrogens is 1. The lowest BCUT2D eigenvalue weighted by Gasteiger charge is -2.26. The van der Waals surface area contributed by atoms with Gasteiger partial charge in [-0.15, -0.1) is 0 Å². The molecule has 0 bridgehead atoms. The van der Waals surface area contributed by atoms with E-state index in [0.717, 1.165) is 22.6 Å². The Balaban J connectivity index is 1.40. The number of anilines is 1. The van der Waals surface area contributed by atoms with Gasteiger partial charge in [0.25, 0.3) is 11.5 Å². The van der Waals surface area contributed by atoms with Crippen LogP contribution in [-0.4, -0.2) is 29.8 Å². The summed E-state index contributed by atoms with van der Waals surface area (Å²) >= 11 is 1.14. The summed E-state index contributed by atoms with van der Waals surface area (Å²) in [6, 6.07) is 31.0. The van der Waals surface area contributed by atoms with Crippen LogP contribution in [-0.2, 0) is 20.9 Å². The molecule has 0 spiro atoms. The molecule has 0 saturated heterocycles. The fourth-order valence-electron chi connectivity index (χ4n) is 6.31. The van der Waals surface area contributed by atoms with Crippen LogP contribution in [0.1, 0.15) is 35.2 Å². The van der Waals surface area contributed by atoms with Gasteiger partial charge in [-0.05, 0) is 36.2 Å². The van der Waals surface area contributed by atoms with Crippen molar-refractivity contribution in [2.75, 3.05) is 18.3 Å². The van der Waals surface area contributed by atoms with Crippen molar-refractivity contribution < 1.29 is 23.8 Å². The van der Waals surface area contributed by atoms with E-state index in [-0.39, 0.29) is 29.4 Å². The highest BCUT2D eigenvalue weighted by atomic mass is 32.1. The summed E-state index contributed by atoms with van der Waals surface area (Å²) in [4.78, 5) is 49.8. The Hall–Kier alpha value is -5.74. The molecule has 0 saturated carbocycles. The van der Waals surface area contributed by atoms with Crippen molar-refractivity contribution in [2.24, 2.45) is 4.99 Å². The minimum atomic E-state index is -0.920. The van der Waals surface area contributed by atoms with E-state index in [1.807, 2.05) is 91.0 Å². The minimum Gasteiger partial charge on any atom is -0.463 e.